The smallest absolute Gasteiger partial charge is 0.257 e. The number of anilines is 2. The molecule has 2 aliphatic rings. The number of hydrogen-bond donors (Lipinski definition) is 1. The highest BCUT2D eigenvalue weighted by Gasteiger charge is 2.50. The fraction of sp³-hybridized carbons (Fsp3) is 0.375. The number of benzene rings is 2. The quantitative estimate of drug-likeness (QED) is 0.786. The summed E-state index contributed by atoms with van der Waals surface area (Å²) in [7, 11) is 0. The molecule has 2 fully saturated rings. The van der Waals surface area contributed by atoms with Crippen molar-refractivity contribution >= 4 is 29.1 Å². The van der Waals surface area contributed by atoms with Crippen LogP contribution in [0.1, 0.15) is 47.7 Å². The van der Waals surface area contributed by atoms with Gasteiger partial charge in [-0.25, -0.2) is 4.90 Å². The Kier molecular flexibility index (Phi) is 4.99. The second kappa shape index (κ2) is 7.47. The van der Waals surface area contributed by atoms with Crippen molar-refractivity contribution in [3.63, 3.8) is 0 Å². The molecule has 150 valence electrons. The molecule has 29 heavy (non-hydrogen) atoms. The number of imide groups is 1. The van der Waals surface area contributed by atoms with E-state index in [0.717, 1.165) is 30.4 Å². The fourth-order valence-electron chi connectivity index (χ4n) is 4.73. The number of carbonyl (C=O) groups is 3. The van der Waals surface area contributed by atoms with Crippen LogP contribution < -0.4 is 10.2 Å². The zero-order chi connectivity index (χ0) is 20.7. The summed E-state index contributed by atoms with van der Waals surface area (Å²) in [6.45, 7) is 6.07. The molecule has 0 spiro atoms. The number of nitrogens with one attached hydrogen (secondary N) is 1. The maximum atomic E-state index is 13.1. The van der Waals surface area contributed by atoms with Gasteiger partial charge >= 0.3 is 0 Å². The molecule has 2 aromatic rings. The van der Waals surface area contributed by atoms with Gasteiger partial charge in [0.1, 0.15) is 0 Å². The van der Waals surface area contributed by atoms with Crippen LogP contribution in [0.3, 0.4) is 0 Å². The maximum absolute atomic E-state index is 13.1. The van der Waals surface area contributed by atoms with E-state index < -0.39 is 0 Å². The van der Waals surface area contributed by atoms with Crippen LogP contribution in [0.5, 0.6) is 0 Å². The Hall–Kier alpha value is -2.95. The molecule has 0 radical (unpaired) electrons. The van der Waals surface area contributed by atoms with Crippen LogP contribution in [0, 0.1) is 31.6 Å². The number of rotatable bonds is 3. The topological polar surface area (TPSA) is 66.5 Å². The maximum Gasteiger partial charge on any atom is 0.257 e. The van der Waals surface area contributed by atoms with Crippen molar-refractivity contribution in [2.24, 2.45) is 17.8 Å². The summed E-state index contributed by atoms with van der Waals surface area (Å²) in [5, 5.41) is 2.92. The van der Waals surface area contributed by atoms with Crippen LogP contribution in [0.25, 0.3) is 0 Å². The monoisotopic (exact) mass is 390 g/mol. The minimum Gasteiger partial charge on any atom is -0.322 e. The summed E-state index contributed by atoms with van der Waals surface area (Å²) in [6.07, 6.45) is 2.44. The highest BCUT2D eigenvalue weighted by Crippen LogP contribution is 2.42. The molecule has 1 N–H and O–H groups in total. The van der Waals surface area contributed by atoms with Crippen molar-refractivity contribution < 1.29 is 14.4 Å². The first-order chi connectivity index (χ1) is 13.8. The van der Waals surface area contributed by atoms with Gasteiger partial charge in [0, 0.05) is 5.69 Å². The van der Waals surface area contributed by atoms with Crippen LogP contribution in [0.2, 0.25) is 0 Å². The molecule has 4 rings (SSSR count). The van der Waals surface area contributed by atoms with Crippen LogP contribution in [0.4, 0.5) is 11.4 Å². The molecule has 1 heterocycles. The van der Waals surface area contributed by atoms with Crippen LogP contribution in [0.15, 0.2) is 42.5 Å². The van der Waals surface area contributed by atoms with Gasteiger partial charge < -0.3 is 5.32 Å². The van der Waals surface area contributed by atoms with Gasteiger partial charge in [0.15, 0.2) is 0 Å². The number of fused-ring (bicyclic) bond motifs is 1. The molecule has 0 bridgehead atoms. The largest absolute Gasteiger partial charge is 0.322 e. The Morgan fingerprint density at radius 1 is 0.966 bits per heavy atom. The molecular weight excluding hydrogens is 364 g/mol. The highest BCUT2D eigenvalue weighted by molar-refractivity contribution is 6.24. The lowest BCUT2D eigenvalue weighted by Gasteiger charge is -2.25. The lowest BCUT2D eigenvalue weighted by Crippen LogP contribution is -2.33. The Labute approximate surface area is 171 Å². The van der Waals surface area contributed by atoms with E-state index in [9.17, 15) is 14.4 Å². The lowest BCUT2D eigenvalue weighted by atomic mass is 9.76. The molecular formula is C24H26N2O3. The van der Waals surface area contributed by atoms with E-state index in [1.807, 2.05) is 32.0 Å². The number of carbonyl (C=O) groups excluding carboxylic acids is 3. The van der Waals surface area contributed by atoms with Crippen LogP contribution >= 0.6 is 0 Å². The zero-order valence-corrected chi connectivity index (χ0v) is 17.1. The van der Waals surface area contributed by atoms with Crippen molar-refractivity contribution in [3.8, 4) is 0 Å². The van der Waals surface area contributed by atoms with Gasteiger partial charge in [-0.2, -0.15) is 0 Å². The molecule has 2 aromatic carbocycles. The molecule has 1 saturated carbocycles. The van der Waals surface area contributed by atoms with E-state index in [4.69, 9.17) is 0 Å². The molecule has 0 aromatic heterocycles. The minimum absolute atomic E-state index is 0.168. The number of para-hydroxylation sites is 1. The van der Waals surface area contributed by atoms with E-state index in [2.05, 4.69) is 12.2 Å². The van der Waals surface area contributed by atoms with Gasteiger partial charge in [-0.15, -0.1) is 0 Å². The normalized spacial score (nSPS) is 23.8. The standard InChI is InChI=1S/C24H26N2O3/c1-14-8-9-18-20(13-14)24(29)26(23(18)28)21-7-5-4-6-19(21)22(27)25-17-11-15(2)10-16(3)12-17/h4-7,10-12,14,18,20H,8-9,13H2,1-3H3,(H,25,27)/t14-,18-,20+/m1/s1. The number of aryl methyl sites for hydroxylation is 2. The van der Waals surface area contributed by atoms with Crippen molar-refractivity contribution in [1.29, 1.82) is 0 Å². The minimum atomic E-state index is -0.325. The summed E-state index contributed by atoms with van der Waals surface area (Å²) >= 11 is 0. The van der Waals surface area contributed by atoms with E-state index >= 15 is 0 Å². The molecule has 1 saturated heterocycles. The summed E-state index contributed by atoms with van der Waals surface area (Å²) in [4.78, 5) is 40.4. The molecule has 1 aliphatic carbocycles. The number of hydrogen-bond acceptors (Lipinski definition) is 3. The summed E-state index contributed by atoms with van der Waals surface area (Å²) in [5.41, 5.74) is 3.52. The number of nitrogens with zero attached hydrogens (tertiary/aromatic N) is 1. The average Bonchev–Trinajstić information content (AvgIpc) is 2.91. The predicted octanol–water partition coefficient (Wildman–Crippen LogP) is 4.48. The number of amides is 3. The lowest BCUT2D eigenvalue weighted by molar-refractivity contribution is -0.122. The Morgan fingerprint density at radius 3 is 2.34 bits per heavy atom. The molecule has 0 unspecified atom stereocenters. The Morgan fingerprint density at radius 2 is 1.62 bits per heavy atom. The Balaban J connectivity index is 1.65. The van der Waals surface area contributed by atoms with Gasteiger partial charge in [-0.1, -0.05) is 25.1 Å². The fourth-order valence-corrected chi connectivity index (χ4v) is 4.73. The third-order valence-corrected chi connectivity index (χ3v) is 6.06. The third kappa shape index (κ3) is 3.57. The van der Waals surface area contributed by atoms with Crippen molar-refractivity contribution in [2.45, 2.75) is 40.0 Å². The molecule has 1 aliphatic heterocycles. The molecule has 3 atom stereocenters. The van der Waals surface area contributed by atoms with E-state index in [1.54, 1.807) is 24.3 Å². The van der Waals surface area contributed by atoms with E-state index in [0.29, 0.717) is 22.9 Å². The van der Waals surface area contributed by atoms with Gasteiger partial charge in [0.05, 0.1) is 23.1 Å². The first-order valence-electron chi connectivity index (χ1n) is 10.2. The molecule has 3 amide bonds. The first-order valence-corrected chi connectivity index (χ1v) is 10.2. The first kappa shape index (κ1) is 19.4. The SMILES string of the molecule is Cc1cc(C)cc(NC(=O)c2ccccc2N2C(=O)[C@H]3C[C@H](C)CC[C@H]3C2=O)c1. The summed E-state index contributed by atoms with van der Waals surface area (Å²) < 4.78 is 0. The predicted molar refractivity (Wildman–Crippen MR) is 113 cm³/mol. The van der Waals surface area contributed by atoms with E-state index in [1.165, 1.54) is 4.90 Å². The van der Waals surface area contributed by atoms with Gasteiger partial charge in [-0.3, -0.25) is 14.4 Å². The van der Waals surface area contributed by atoms with Gasteiger partial charge in [-0.05, 0) is 74.4 Å². The molecule has 5 heteroatoms. The van der Waals surface area contributed by atoms with E-state index in [-0.39, 0.29) is 29.6 Å². The van der Waals surface area contributed by atoms with Gasteiger partial charge in [0.2, 0.25) is 11.8 Å². The Bertz CT molecular complexity index is 977. The highest BCUT2D eigenvalue weighted by atomic mass is 16.2. The third-order valence-electron chi connectivity index (χ3n) is 6.06. The molecule has 5 nitrogen and oxygen atoms in total. The summed E-state index contributed by atoms with van der Waals surface area (Å²) in [5.74, 6) is -0.738. The van der Waals surface area contributed by atoms with Crippen LogP contribution in [-0.4, -0.2) is 17.7 Å². The zero-order valence-electron chi connectivity index (χ0n) is 17.1. The van der Waals surface area contributed by atoms with Crippen molar-refractivity contribution in [2.75, 3.05) is 10.2 Å². The second-order valence-electron chi connectivity index (χ2n) is 8.49. The average molecular weight is 390 g/mol. The van der Waals surface area contributed by atoms with Crippen molar-refractivity contribution in [1.82, 2.24) is 0 Å². The second-order valence-corrected chi connectivity index (χ2v) is 8.49. The van der Waals surface area contributed by atoms with Gasteiger partial charge in [0.25, 0.3) is 5.91 Å². The summed E-state index contributed by atoms with van der Waals surface area (Å²) in [6, 6.07) is 12.7. The van der Waals surface area contributed by atoms with Crippen LogP contribution in [-0.2, 0) is 9.59 Å². The van der Waals surface area contributed by atoms with Crippen molar-refractivity contribution in [3.05, 3.63) is 59.2 Å².